The van der Waals surface area contributed by atoms with E-state index in [-0.39, 0.29) is 12.0 Å². The Morgan fingerprint density at radius 1 is 1.07 bits per heavy atom. The number of amides is 1. The Bertz CT molecular complexity index is 1080. The smallest absolute Gasteiger partial charge is 0.267 e. The first-order valence-electron chi connectivity index (χ1n) is 8.75. The second-order valence-electron chi connectivity index (χ2n) is 6.52. The molecule has 0 saturated carbocycles. The summed E-state index contributed by atoms with van der Waals surface area (Å²) in [5.74, 6) is 5.59. The summed E-state index contributed by atoms with van der Waals surface area (Å²) in [6, 6.07) is 18.3. The highest BCUT2D eigenvalue weighted by molar-refractivity contribution is 6.67. The molecule has 28 heavy (non-hydrogen) atoms. The molecule has 0 fully saturated rings. The Morgan fingerprint density at radius 2 is 1.71 bits per heavy atom. The van der Waals surface area contributed by atoms with Crippen molar-refractivity contribution in [1.29, 1.82) is 5.26 Å². The first kappa shape index (κ1) is 18.1. The average molecular weight is 390 g/mol. The Balaban J connectivity index is 1.80. The van der Waals surface area contributed by atoms with E-state index in [4.69, 9.17) is 22.4 Å². The van der Waals surface area contributed by atoms with Crippen LogP contribution in [-0.2, 0) is 4.79 Å². The summed E-state index contributed by atoms with van der Waals surface area (Å²) >= 11 is 6.32. The lowest BCUT2D eigenvalue weighted by atomic mass is 9.87. The van der Waals surface area contributed by atoms with Crippen molar-refractivity contribution in [2.75, 3.05) is 0 Å². The number of hydrazine groups is 1. The van der Waals surface area contributed by atoms with Gasteiger partial charge in [-0.1, -0.05) is 54.1 Å². The number of rotatable bonds is 2. The summed E-state index contributed by atoms with van der Waals surface area (Å²) in [6.07, 6.45) is 0.659. The largest absolute Gasteiger partial charge is 0.279 e. The van der Waals surface area contributed by atoms with Gasteiger partial charge in [0.2, 0.25) is 0 Å². The maximum atomic E-state index is 12.8. The molecule has 2 aliphatic heterocycles. The van der Waals surface area contributed by atoms with Gasteiger partial charge in [-0.3, -0.25) is 14.8 Å². The number of nitrogens with two attached hydrogens (primary N) is 1. The number of nitriles is 1. The Hall–Kier alpha value is -3.27. The van der Waals surface area contributed by atoms with Gasteiger partial charge in [0.05, 0.1) is 23.1 Å². The highest BCUT2D eigenvalue weighted by Gasteiger charge is 2.37. The summed E-state index contributed by atoms with van der Waals surface area (Å²) in [4.78, 5) is 21.9. The molecule has 2 aromatic rings. The van der Waals surface area contributed by atoms with Crippen molar-refractivity contribution >= 4 is 45.3 Å². The second-order valence-corrected chi connectivity index (χ2v) is 6.96. The molecule has 0 spiro atoms. The summed E-state index contributed by atoms with van der Waals surface area (Å²) in [7, 11) is 0. The molecule has 2 aliphatic rings. The van der Waals surface area contributed by atoms with Crippen molar-refractivity contribution in [2.24, 2.45) is 15.8 Å². The molecule has 1 amide bonds. The number of aliphatic imine (C=N–C) groups is 2. The number of nitrogens with zero attached hydrogens (tertiary/aromatic N) is 4. The van der Waals surface area contributed by atoms with E-state index in [0.29, 0.717) is 34.3 Å². The first-order valence-corrected chi connectivity index (χ1v) is 9.12. The number of para-hydroxylation sites is 2. The van der Waals surface area contributed by atoms with Crippen LogP contribution in [0.2, 0.25) is 0 Å². The van der Waals surface area contributed by atoms with Crippen molar-refractivity contribution < 1.29 is 4.79 Å². The van der Waals surface area contributed by atoms with Crippen LogP contribution < -0.4 is 5.84 Å². The third kappa shape index (κ3) is 3.22. The Kier molecular flexibility index (Phi) is 4.78. The molecule has 0 saturated heterocycles. The molecule has 4 rings (SSSR count). The molecule has 7 heteroatoms. The number of fused-ring (bicyclic) bond motifs is 1. The molecule has 0 aromatic heterocycles. The second kappa shape index (κ2) is 7.39. The molecule has 2 aromatic carbocycles. The summed E-state index contributed by atoms with van der Waals surface area (Å²) in [5, 5.41) is 11.0. The number of carbonyl (C=O) groups excluding carboxylic acids is 1. The van der Waals surface area contributed by atoms with E-state index in [1.165, 1.54) is 0 Å². The van der Waals surface area contributed by atoms with Crippen LogP contribution in [0.25, 0.3) is 5.57 Å². The van der Waals surface area contributed by atoms with Gasteiger partial charge in [-0.2, -0.15) is 5.26 Å². The van der Waals surface area contributed by atoms with Crippen LogP contribution >= 0.6 is 11.6 Å². The third-order valence-corrected chi connectivity index (χ3v) is 5.03. The van der Waals surface area contributed by atoms with Crippen molar-refractivity contribution in [3.05, 3.63) is 65.7 Å². The van der Waals surface area contributed by atoms with E-state index in [0.717, 1.165) is 10.6 Å². The fourth-order valence-corrected chi connectivity index (χ4v) is 3.68. The molecule has 2 N–H and O–H groups in total. The van der Waals surface area contributed by atoms with Gasteiger partial charge < -0.3 is 0 Å². The predicted octanol–water partition coefficient (Wildman–Crippen LogP) is 3.88. The third-order valence-electron chi connectivity index (χ3n) is 4.82. The van der Waals surface area contributed by atoms with Gasteiger partial charge in [0.1, 0.15) is 16.8 Å². The van der Waals surface area contributed by atoms with Crippen LogP contribution in [0, 0.1) is 11.3 Å². The zero-order valence-electron chi connectivity index (χ0n) is 14.8. The zero-order valence-corrected chi connectivity index (χ0v) is 15.6. The number of hydrogen-bond donors (Lipinski definition) is 1. The minimum absolute atomic E-state index is 0.0549. The standard InChI is InChI=1S/C21H16ClN5O/c22-20-11-18(25-16-8-4-5-9-17(16)26-20)19-10-14(13-6-2-1-3-7-13)15(12-23)21(28)27(19)24/h1-9,19H,10-11,24H2. The lowest BCUT2D eigenvalue weighted by molar-refractivity contribution is -0.128. The van der Waals surface area contributed by atoms with E-state index in [2.05, 4.69) is 4.99 Å². The Labute approximate surface area is 167 Å². The van der Waals surface area contributed by atoms with E-state index in [1.807, 2.05) is 60.7 Å². The fraction of sp³-hybridized carbons (Fsp3) is 0.143. The van der Waals surface area contributed by atoms with E-state index in [9.17, 15) is 10.1 Å². The molecule has 2 heterocycles. The molecular formula is C21H16ClN5O. The van der Waals surface area contributed by atoms with E-state index >= 15 is 0 Å². The van der Waals surface area contributed by atoms with Crippen LogP contribution in [0.5, 0.6) is 0 Å². The minimum Gasteiger partial charge on any atom is -0.267 e. The molecular weight excluding hydrogens is 374 g/mol. The fourth-order valence-electron chi connectivity index (χ4n) is 3.45. The highest BCUT2D eigenvalue weighted by atomic mass is 35.5. The number of hydrogen-bond acceptors (Lipinski definition) is 5. The average Bonchev–Trinajstić information content (AvgIpc) is 2.88. The van der Waals surface area contributed by atoms with Crippen molar-refractivity contribution in [1.82, 2.24) is 5.01 Å². The van der Waals surface area contributed by atoms with Crippen molar-refractivity contribution in [3.8, 4) is 6.07 Å². The summed E-state index contributed by atoms with van der Waals surface area (Å²) in [5.41, 5.74) is 3.52. The maximum absolute atomic E-state index is 12.8. The topological polar surface area (TPSA) is 94.8 Å². The van der Waals surface area contributed by atoms with Crippen LogP contribution in [0.1, 0.15) is 18.4 Å². The quantitative estimate of drug-likeness (QED) is 0.623. The van der Waals surface area contributed by atoms with E-state index < -0.39 is 11.9 Å². The lowest BCUT2D eigenvalue weighted by Gasteiger charge is -2.33. The number of carbonyl (C=O) groups is 1. The molecule has 1 unspecified atom stereocenters. The van der Waals surface area contributed by atoms with Crippen LogP contribution in [0.15, 0.2) is 70.2 Å². The molecule has 138 valence electrons. The van der Waals surface area contributed by atoms with Crippen molar-refractivity contribution in [2.45, 2.75) is 18.9 Å². The summed E-state index contributed by atoms with van der Waals surface area (Å²) < 4.78 is 0. The molecule has 6 nitrogen and oxygen atoms in total. The zero-order chi connectivity index (χ0) is 19.7. The van der Waals surface area contributed by atoms with Gasteiger partial charge in [-0.05, 0) is 23.3 Å². The van der Waals surface area contributed by atoms with Crippen LogP contribution in [0.4, 0.5) is 11.4 Å². The van der Waals surface area contributed by atoms with Gasteiger partial charge in [0, 0.05) is 12.8 Å². The van der Waals surface area contributed by atoms with Crippen LogP contribution in [0.3, 0.4) is 0 Å². The SMILES string of the molecule is N#CC1=C(c2ccccc2)CC(C2=Nc3ccccc3N=C(Cl)C2)N(N)C1=O. The van der Waals surface area contributed by atoms with Crippen molar-refractivity contribution in [3.63, 3.8) is 0 Å². The minimum atomic E-state index is -0.522. The van der Waals surface area contributed by atoms with Gasteiger partial charge >= 0.3 is 0 Å². The van der Waals surface area contributed by atoms with Gasteiger partial charge in [-0.25, -0.2) is 10.8 Å². The van der Waals surface area contributed by atoms with E-state index in [1.54, 1.807) is 0 Å². The summed E-state index contributed by atoms with van der Waals surface area (Å²) in [6.45, 7) is 0. The van der Waals surface area contributed by atoms with Gasteiger partial charge in [0.15, 0.2) is 0 Å². The monoisotopic (exact) mass is 389 g/mol. The molecule has 0 radical (unpaired) electrons. The lowest BCUT2D eigenvalue weighted by Crippen LogP contribution is -2.52. The normalized spacial score (nSPS) is 19.4. The highest BCUT2D eigenvalue weighted by Crippen LogP contribution is 2.35. The number of halogens is 1. The first-order chi connectivity index (χ1) is 13.6. The molecule has 1 atom stereocenters. The molecule has 0 bridgehead atoms. The number of benzene rings is 2. The molecule has 0 aliphatic carbocycles. The Morgan fingerprint density at radius 3 is 2.39 bits per heavy atom. The van der Waals surface area contributed by atoms with Gasteiger partial charge in [0.25, 0.3) is 5.91 Å². The van der Waals surface area contributed by atoms with Crippen LogP contribution in [-0.4, -0.2) is 27.8 Å². The van der Waals surface area contributed by atoms with Gasteiger partial charge in [-0.15, -0.1) is 0 Å². The maximum Gasteiger partial charge on any atom is 0.279 e. The predicted molar refractivity (Wildman–Crippen MR) is 110 cm³/mol.